The van der Waals surface area contributed by atoms with Crippen LogP contribution in [0.5, 0.6) is 0 Å². The summed E-state index contributed by atoms with van der Waals surface area (Å²) in [6, 6.07) is 0.474. The van der Waals surface area contributed by atoms with Gasteiger partial charge in [0.1, 0.15) is 0 Å². The van der Waals surface area contributed by atoms with Crippen LogP contribution >= 0.6 is 11.6 Å². The van der Waals surface area contributed by atoms with Gasteiger partial charge in [-0.1, -0.05) is 6.92 Å². The van der Waals surface area contributed by atoms with Gasteiger partial charge in [0.15, 0.2) is 0 Å². The molecule has 0 aromatic heterocycles. The van der Waals surface area contributed by atoms with Crippen molar-refractivity contribution in [1.82, 2.24) is 10.3 Å². The molecule has 0 radical (unpaired) electrons. The van der Waals surface area contributed by atoms with Crippen LogP contribution in [0.25, 0.3) is 0 Å². The molecule has 0 spiro atoms. The summed E-state index contributed by atoms with van der Waals surface area (Å²) in [5.41, 5.74) is 0.996. The Morgan fingerprint density at radius 3 is 2.53 bits per heavy atom. The van der Waals surface area contributed by atoms with E-state index < -0.39 is 0 Å². The molecular formula is C24H40ClN3O4. The first-order valence-corrected chi connectivity index (χ1v) is 12.8. The highest BCUT2D eigenvalue weighted by Crippen LogP contribution is 2.43. The normalized spacial score (nSPS) is 42.5. The molecule has 1 N–H and O–H groups in total. The first kappa shape index (κ1) is 24.4. The van der Waals surface area contributed by atoms with Crippen molar-refractivity contribution in [2.24, 2.45) is 22.9 Å². The zero-order chi connectivity index (χ0) is 22.8. The summed E-state index contributed by atoms with van der Waals surface area (Å²) < 4.78 is 17.0. The van der Waals surface area contributed by atoms with Crippen LogP contribution in [0.15, 0.2) is 5.10 Å². The summed E-state index contributed by atoms with van der Waals surface area (Å²) in [5, 5.41) is 10.4. The minimum absolute atomic E-state index is 0.0254. The summed E-state index contributed by atoms with van der Waals surface area (Å²) >= 11 is 6.92. The highest BCUT2D eigenvalue weighted by atomic mass is 35.5. The highest BCUT2D eigenvalue weighted by molar-refractivity contribution is 6.20. The fourth-order valence-corrected chi connectivity index (χ4v) is 6.96. The van der Waals surface area contributed by atoms with E-state index in [0.717, 1.165) is 57.1 Å². The number of hydrogen-bond acceptors (Lipinski definition) is 6. The number of carbonyl (C=O) groups excluding carboxylic acids is 1. The average Bonchev–Trinajstić information content (AvgIpc) is 3.27. The lowest BCUT2D eigenvalue weighted by Crippen LogP contribution is -2.57. The molecular weight excluding hydrogens is 430 g/mol. The number of carbonyl (C=O) groups is 1. The van der Waals surface area contributed by atoms with Crippen LogP contribution in [-0.2, 0) is 19.0 Å². The van der Waals surface area contributed by atoms with Crippen LogP contribution in [-0.4, -0.2) is 73.9 Å². The number of methoxy groups -OCH3 is 3. The fraction of sp³-hybridized carbons (Fsp3) is 0.917. The maximum absolute atomic E-state index is 12.9. The van der Waals surface area contributed by atoms with Gasteiger partial charge in [-0.2, -0.15) is 5.10 Å². The SMILES string of the molecule is CCC(=O)N1N=C(C2CCC(OC)C(OC)C2)CC1C1CC2CC(OC)CCC2NC1Cl. The highest BCUT2D eigenvalue weighted by Gasteiger charge is 2.47. The van der Waals surface area contributed by atoms with Gasteiger partial charge in [0.2, 0.25) is 5.91 Å². The minimum atomic E-state index is -0.141. The van der Waals surface area contributed by atoms with Crippen molar-refractivity contribution < 1.29 is 19.0 Å². The molecule has 1 amide bonds. The number of hydrazone groups is 1. The number of nitrogens with one attached hydrogen (secondary N) is 1. The zero-order valence-electron chi connectivity index (χ0n) is 20.0. The lowest BCUT2D eigenvalue weighted by Gasteiger charge is -2.47. The van der Waals surface area contributed by atoms with E-state index in [0.29, 0.717) is 30.4 Å². The molecule has 0 bridgehead atoms. The number of piperidine rings is 1. The van der Waals surface area contributed by atoms with Crippen molar-refractivity contribution in [3.05, 3.63) is 0 Å². The van der Waals surface area contributed by atoms with E-state index >= 15 is 0 Å². The monoisotopic (exact) mass is 469 g/mol. The van der Waals surface area contributed by atoms with Crippen LogP contribution in [0.2, 0.25) is 0 Å². The molecule has 9 unspecified atom stereocenters. The Labute approximate surface area is 197 Å². The van der Waals surface area contributed by atoms with Crippen molar-refractivity contribution in [2.45, 2.75) is 101 Å². The molecule has 2 saturated carbocycles. The summed E-state index contributed by atoms with van der Waals surface area (Å²) in [7, 11) is 5.32. The number of nitrogens with zero attached hydrogens (tertiary/aromatic N) is 2. The Morgan fingerprint density at radius 2 is 1.84 bits per heavy atom. The number of halogens is 1. The van der Waals surface area contributed by atoms with Crippen LogP contribution in [0.3, 0.4) is 0 Å². The second kappa shape index (κ2) is 10.7. The van der Waals surface area contributed by atoms with Crippen LogP contribution < -0.4 is 5.32 Å². The molecule has 7 nitrogen and oxygen atoms in total. The van der Waals surface area contributed by atoms with Crippen LogP contribution in [0, 0.1) is 17.8 Å². The van der Waals surface area contributed by atoms with Crippen LogP contribution in [0.1, 0.15) is 64.7 Å². The summed E-state index contributed by atoms with van der Waals surface area (Å²) in [5.74, 6) is 1.13. The molecule has 2 heterocycles. The van der Waals surface area contributed by atoms with Gasteiger partial charge in [0.25, 0.3) is 0 Å². The van der Waals surface area contributed by atoms with E-state index in [1.54, 1.807) is 19.2 Å². The van der Waals surface area contributed by atoms with Gasteiger partial charge in [0, 0.05) is 57.8 Å². The summed E-state index contributed by atoms with van der Waals surface area (Å²) in [6.07, 6.45) is 8.93. The molecule has 3 fully saturated rings. The quantitative estimate of drug-likeness (QED) is 0.475. The molecule has 0 aromatic carbocycles. The van der Waals surface area contributed by atoms with Gasteiger partial charge in [-0.3, -0.25) is 10.1 Å². The molecule has 9 atom stereocenters. The first-order chi connectivity index (χ1) is 15.5. The Hall–Kier alpha value is -0.730. The fourth-order valence-electron chi connectivity index (χ4n) is 6.52. The van der Waals surface area contributed by atoms with E-state index in [4.69, 9.17) is 30.9 Å². The van der Waals surface area contributed by atoms with Crippen molar-refractivity contribution in [3.8, 4) is 0 Å². The van der Waals surface area contributed by atoms with E-state index in [1.165, 1.54) is 0 Å². The molecule has 2 aliphatic heterocycles. The molecule has 4 rings (SSSR count). The van der Waals surface area contributed by atoms with Crippen molar-refractivity contribution in [1.29, 1.82) is 0 Å². The second-order valence-electron chi connectivity index (χ2n) is 10.0. The molecule has 4 aliphatic rings. The molecule has 182 valence electrons. The number of fused-ring (bicyclic) bond motifs is 1. The predicted molar refractivity (Wildman–Crippen MR) is 125 cm³/mol. The van der Waals surface area contributed by atoms with Gasteiger partial charge in [0.05, 0.1) is 29.9 Å². The van der Waals surface area contributed by atoms with Gasteiger partial charge < -0.3 is 14.2 Å². The van der Waals surface area contributed by atoms with Crippen molar-refractivity contribution in [2.75, 3.05) is 21.3 Å². The van der Waals surface area contributed by atoms with E-state index in [1.807, 2.05) is 14.0 Å². The summed E-state index contributed by atoms with van der Waals surface area (Å²) in [6.45, 7) is 1.91. The number of hydrogen-bond donors (Lipinski definition) is 1. The standard InChI is InChI=1S/C24H40ClN3O4/c1-5-23(29)28-20(13-19(27-28)14-6-9-21(31-3)22(12-14)32-4)17-11-15-10-16(30-2)7-8-18(15)26-24(17)25/h14-18,20-22,24,26H,5-13H2,1-4H3. The molecule has 32 heavy (non-hydrogen) atoms. The van der Waals surface area contributed by atoms with E-state index in [9.17, 15) is 4.79 Å². The Morgan fingerprint density at radius 1 is 1.06 bits per heavy atom. The second-order valence-corrected chi connectivity index (χ2v) is 10.5. The zero-order valence-corrected chi connectivity index (χ0v) is 20.7. The third-order valence-electron chi connectivity index (χ3n) is 8.42. The molecule has 2 aliphatic carbocycles. The lowest BCUT2D eigenvalue weighted by molar-refractivity contribution is -0.134. The Bertz CT molecular complexity index is 692. The first-order valence-electron chi connectivity index (χ1n) is 12.4. The maximum Gasteiger partial charge on any atom is 0.242 e. The maximum atomic E-state index is 12.9. The summed E-state index contributed by atoms with van der Waals surface area (Å²) in [4.78, 5) is 12.9. The van der Waals surface area contributed by atoms with Crippen molar-refractivity contribution >= 4 is 23.2 Å². The van der Waals surface area contributed by atoms with Crippen LogP contribution in [0.4, 0.5) is 0 Å². The number of amides is 1. The molecule has 8 heteroatoms. The smallest absolute Gasteiger partial charge is 0.242 e. The third-order valence-corrected chi connectivity index (χ3v) is 8.87. The Balaban J connectivity index is 1.49. The number of rotatable bonds is 6. The lowest BCUT2D eigenvalue weighted by atomic mass is 9.72. The van der Waals surface area contributed by atoms with Crippen molar-refractivity contribution in [3.63, 3.8) is 0 Å². The number of ether oxygens (including phenoxy) is 3. The molecule has 0 aromatic rings. The Kier molecular flexibility index (Phi) is 8.14. The third kappa shape index (κ3) is 4.88. The van der Waals surface area contributed by atoms with E-state index in [2.05, 4.69) is 5.32 Å². The van der Waals surface area contributed by atoms with Gasteiger partial charge in [-0.15, -0.1) is 11.6 Å². The topological polar surface area (TPSA) is 72.4 Å². The average molecular weight is 470 g/mol. The molecule has 1 saturated heterocycles. The van der Waals surface area contributed by atoms with E-state index in [-0.39, 0.29) is 35.6 Å². The van der Waals surface area contributed by atoms with Gasteiger partial charge in [-0.25, -0.2) is 5.01 Å². The predicted octanol–water partition coefficient (Wildman–Crippen LogP) is 3.54. The van der Waals surface area contributed by atoms with Gasteiger partial charge >= 0.3 is 0 Å². The number of alkyl halides is 1. The minimum Gasteiger partial charge on any atom is -0.381 e. The largest absolute Gasteiger partial charge is 0.381 e. The van der Waals surface area contributed by atoms with Gasteiger partial charge in [-0.05, 0) is 50.9 Å².